The fourth-order valence-electron chi connectivity index (χ4n) is 5.20. The van der Waals surface area contributed by atoms with Gasteiger partial charge >= 0.3 is 6.03 Å². The largest absolute Gasteiger partial charge is 0.344 e. The lowest BCUT2D eigenvalue weighted by Gasteiger charge is -2.30. The highest BCUT2D eigenvalue weighted by molar-refractivity contribution is 7.91. The zero-order chi connectivity index (χ0) is 24.0. The zero-order valence-electron chi connectivity index (χ0n) is 19.4. The Kier molecular flexibility index (Phi) is 6.25. The van der Waals surface area contributed by atoms with Crippen molar-refractivity contribution in [3.63, 3.8) is 0 Å². The van der Waals surface area contributed by atoms with Crippen LogP contribution in [0.5, 0.6) is 0 Å². The summed E-state index contributed by atoms with van der Waals surface area (Å²) >= 11 is 0. The number of carbonyl (C=O) groups is 3. The molecule has 1 saturated carbocycles. The Morgan fingerprint density at radius 3 is 2.58 bits per heavy atom. The molecule has 12 heteroatoms. The number of hydrogen-bond donors (Lipinski definition) is 2. The van der Waals surface area contributed by atoms with Crippen molar-refractivity contribution in [2.75, 3.05) is 25.1 Å². The molecule has 0 aromatic carbocycles. The minimum atomic E-state index is -3.02. The summed E-state index contributed by atoms with van der Waals surface area (Å²) in [6.45, 7) is 4.18. The van der Waals surface area contributed by atoms with Crippen molar-refractivity contribution in [2.24, 2.45) is 0 Å². The van der Waals surface area contributed by atoms with Gasteiger partial charge < -0.3 is 5.32 Å². The topological polar surface area (TPSA) is 134 Å². The number of aryl methyl sites for hydroxylation is 1. The third-order valence-corrected chi connectivity index (χ3v) is 8.73. The molecule has 1 atom stereocenters. The Balaban J connectivity index is 1.36. The number of urea groups is 1. The number of hydrazine groups is 1. The van der Waals surface area contributed by atoms with Crippen LogP contribution in [0.2, 0.25) is 0 Å². The first kappa shape index (κ1) is 23.7. The fourth-order valence-corrected chi connectivity index (χ4v) is 6.89. The van der Waals surface area contributed by atoms with Crippen LogP contribution in [-0.4, -0.2) is 76.6 Å². The number of likely N-dealkylation sites (N-methyl/N-ethyl adjacent to an activating group) is 1. The molecule has 4 amide bonds. The van der Waals surface area contributed by atoms with Crippen molar-refractivity contribution < 1.29 is 22.8 Å². The van der Waals surface area contributed by atoms with Gasteiger partial charge in [-0.1, -0.05) is 19.3 Å². The first-order valence-corrected chi connectivity index (χ1v) is 13.2. The highest BCUT2D eigenvalue weighted by Gasteiger charge is 2.52. The number of amides is 4. The highest BCUT2D eigenvalue weighted by atomic mass is 32.2. The number of rotatable bonds is 6. The first-order valence-electron chi connectivity index (χ1n) is 11.4. The molecule has 11 nitrogen and oxygen atoms in total. The van der Waals surface area contributed by atoms with Crippen LogP contribution in [-0.2, 0) is 26.0 Å². The number of sulfone groups is 1. The molecule has 2 N–H and O–H groups in total. The summed E-state index contributed by atoms with van der Waals surface area (Å²) in [5.41, 5.74) is 4.18. The van der Waals surface area contributed by atoms with Gasteiger partial charge in [0.1, 0.15) is 5.54 Å². The zero-order valence-corrected chi connectivity index (χ0v) is 20.2. The maximum absolute atomic E-state index is 12.8. The molecule has 1 aromatic heterocycles. The summed E-state index contributed by atoms with van der Waals surface area (Å²) in [5, 5.41) is 8.15. The van der Waals surface area contributed by atoms with Crippen molar-refractivity contribution >= 4 is 27.7 Å². The smallest absolute Gasteiger partial charge is 0.322 e. The van der Waals surface area contributed by atoms with Crippen LogP contribution in [0.15, 0.2) is 0 Å². The van der Waals surface area contributed by atoms with Crippen LogP contribution in [0.3, 0.4) is 0 Å². The summed E-state index contributed by atoms with van der Waals surface area (Å²) in [6.07, 6.45) is 4.51. The van der Waals surface area contributed by atoms with E-state index >= 15 is 0 Å². The molecule has 1 aliphatic carbocycles. The number of aromatic nitrogens is 2. The van der Waals surface area contributed by atoms with Gasteiger partial charge in [0, 0.05) is 17.8 Å². The average Bonchev–Trinajstić information content (AvgIpc) is 3.31. The number of hydrogen-bond acceptors (Lipinski definition) is 7. The van der Waals surface area contributed by atoms with Crippen LogP contribution < -0.4 is 10.7 Å². The second-order valence-corrected chi connectivity index (χ2v) is 11.8. The summed E-state index contributed by atoms with van der Waals surface area (Å²) in [5.74, 6) is -0.573. The molecule has 2 saturated heterocycles. The minimum absolute atomic E-state index is 0.0219. The maximum atomic E-state index is 12.8. The standard InChI is InChI=1S/C21H32N6O5S/c1-14-17(15(2)26(23-14)16-7-10-33(31,32)13-16)11-25(3)12-18(28)24-27-19(29)21(22-20(27)30)8-5-4-6-9-21/h16H,4-13H2,1-3H3,(H,22,30)(H,24,28)/t16-/m1/s1. The molecule has 1 spiro atoms. The summed E-state index contributed by atoms with van der Waals surface area (Å²) in [6, 6.07) is -0.750. The van der Waals surface area contributed by atoms with E-state index in [4.69, 9.17) is 0 Å². The average molecular weight is 481 g/mol. The molecule has 4 rings (SSSR count). The predicted molar refractivity (Wildman–Crippen MR) is 120 cm³/mol. The third-order valence-electron chi connectivity index (χ3n) is 6.98. The lowest BCUT2D eigenvalue weighted by Crippen LogP contribution is -2.52. The van der Waals surface area contributed by atoms with E-state index in [0.717, 1.165) is 41.2 Å². The number of carbonyl (C=O) groups excluding carboxylic acids is 3. The second kappa shape index (κ2) is 8.71. The molecule has 0 bridgehead atoms. The monoisotopic (exact) mass is 480 g/mol. The van der Waals surface area contributed by atoms with Crippen molar-refractivity contribution in [1.29, 1.82) is 0 Å². The lowest BCUT2D eigenvalue weighted by molar-refractivity contribution is -0.140. The van der Waals surface area contributed by atoms with Gasteiger partial charge in [0.2, 0.25) is 0 Å². The Hall–Kier alpha value is -2.47. The molecule has 0 radical (unpaired) electrons. The molecular formula is C21H32N6O5S. The van der Waals surface area contributed by atoms with Gasteiger partial charge in [0.25, 0.3) is 11.8 Å². The fraction of sp³-hybridized carbons (Fsp3) is 0.714. The van der Waals surface area contributed by atoms with Crippen molar-refractivity contribution in [3.8, 4) is 0 Å². The van der Waals surface area contributed by atoms with E-state index in [1.165, 1.54) is 0 Å². The Morgan fingerprint density at radius 2 is 1.94 bits per heavy atom. The number of nitrogens with zero attached hydrogens (tertiary/aromatic N) is 4. The van der Waals surface area contributed by atoms with E-state index in [-0.39, 0.29) is 30.0 Å². The molecule has 0 unspecified atom stereocenters. The van der Waals surface area contributed by atoms with Crippen LogP contribution >= 0.6 is 0 Å². The van der Waals surface area contributed by atoms with E-state index in [9.17, 15) is 22.8 Å². The maximum Gasteiger partial charge on any atom is 0.344 e. The molecule has 1 aromatic rings. The molecule has 182 valence electrons. The summed E-state index contributed by atoms with van der Waals surface area (Å²) < 4.78 is 25.5. The SMILES string of the molecule is Cc1nn([C@@H]2CCS(=O)(=O)C2)c(C)c1CN(C)CC(=O)NN1C(=O)NC2(CCCCC2)C1=O. The van der Waals surface area contributed by atoms with Crippen molar-refractivity contribution in [2.45, 2.75) is 70.5 Å². The lowest BCUT2D eigenvalue weighted by atomic mass is 9.82. The van der Waals surface area contributed by atoms with E-state index < -0.39 is 27.3 Å². The van der Waals surface area contributed by atoms with Gasteiger partial charge in [-0.25, -0.2) is 13.2 Å². The summed E-state index contributed by atoms with van der Waals surface area (Å²) in [4.78, 5) is 39.6. The minimum Gasteiger partial charge on any atom is -0.322 e. The normalized spacial score (nSPS) is 24.0. The van der Waals surface area contributed by atoms with E-state index in [2.05, 4.69) is 15.8 Å². The summed E-state index contributed by atoms with van der Waals surface area (Å²) in [7, 11) is -1.25. The Morgan fingerprint density at radius 1 is 1.24 bits per heavy atom. The second-order valence-electron chi connectivity index (χ2n) is 9.57. The van der Waals surface area contributed by atoms with Gasteiger partial charge in [-0.3, -0.25) is 24.6 Å². The van der Waals surface area contributed by atoms with Crippen LogP contribution in [0.4, 0.5) is 4.79 Å². The quantitative estimate of drug-likeness (QED) is 0.569. The predicted octanol–water partition coefficient (Wildman–Crippen LogP) is 0.577. The number of imide groups is 1. The molecule has 3 aliphatic rings. The van der Waals surface area contributed by atoms with Crippen LogP contribution in [0, 0.1) is 13.8 Å². The Bertz CT molecular complexity index is 1080. The van der Waals surface area contributed by atoms with E-state index in [1.54, 1.807) is 16.6 Å². The van der Waals surface area contributed by atoms with Crippen LogP contribution in [0.25, 0.3) is 0 Å². The van der Waals surface area contributed by atoms with Gasteiger partial charge in [0.05, 0.1) is 29.8 Å². The third kappa shape index (κ3) is 4.63. The first-order chi connectivity index (χ1) is 15.5. The molecule has 2 aliphatic heterocycles. The molecule has 3 heterocycles. The van der Waals surface area contributed by atoms with E-state index in [0.29, 0.717) is 25.8 Å². The van der Waals surface area contributed by atoms with Crippen LogP contribution in [0.1, 0.15) is 61.5 Å². The molecule has 3 fully saturated rings. The van der Waals surface area contributed by atoms with Gasteiger partial charge in [-0.15, -0.1) is 0 Å². The van der Waals surface area contributed by atoms with Gasteiger partial charge in [-0.2, -0.15) is 10.1 Å². The molecular weight excluding hydrogens is 448 g/mol. The van der Waals surface area contributed by atoms with Gasteiger partial charge in [0.15, 0.2) is 9.84 Å². The highest BCUT2D eigenvalue weighted by Crippen LogP contribution is 2.33. The van der Waals surface area contributed by atoms with Crippen molar-refractivity contribution in [1.82, 2.24) is 30.4 Å². The van der Waals surface area contributed by atoms with Crippen molar-refractivity contribution in [3.05, 3.63) is 17.0 Å². The molecule has 33 heavy (non-hydrogen) atoms. The van der Waals surface area contributed by atoms with Gasteiger partial charge in [-0.05, 0) is 40.2 Å². The number of nitrogens with one attached hydrogen (secondary N) is 2. The van der Waals surface area contributed by atoms with E-state index in [1.807, 2.05) is 13.8 Å². The Labute approximate surface area is 193 Å².